The Hall–Kier alpha value is -1.64. The SMILES string of the molecule is c1ccc(CCN(Cc2ccccc2)C2CCNCC2)cc1. The number of hydrogen-bond donors (Lipinski definition) is 1. The quantitative estimate of drug-likeness (QED) is 0.877. The van der Waals surface area contributed by atoms with E-state index in [4.69, 9.17) is 0 Å². The Morgan fingerprint density at radius 2 is 1.41 bits per heavy atom. The van der Waals surface area contributed by atoms with Gasteiger partial charge in [-0.1, -0.05) is 60.7 Å². The Bertz CT molecular complexity index is 532. The summed E-state index contributed by atoms with van der Waals surface area (Å²) in [7, 11) is 0. The Morgan fingerprint density at radius 3 is 2.05 bits per heavy atom. The van der Waals surface area contributed by atoms with E-state index < -0.39 is 0 Å². The molecule has 0 bridgehead atoms. The van der Waals surface area contributed by atoms with Crippen molar-refractivity contribution in [2.45, 2.75) is 31.8 Å². The van der Waals surface area contributed by atoms with E-state index in [2.05, 4.69) is 70.9 Å². The van der Waals surface area contributed by atoms with Gasteiger partial charge in [0, 0.05) is 19.1 Å². The van der Waals surface area contributed by atoms with Crippen molar-refractivity contribution in [1.29, 1.82) is 0 Å². The van der Waals surface area contributed by atoms with Crippen LogP contribution in [0.4, 0.5) is 0 Å². The summed E-state index contributed by atoms with van der Waals surface area (Å²) in [6.07, 6.45) is 3.67. The van der Waals surface area contributed by atoms with Crippen LogP contribution in [0.15, 0.2) is 60.7 Å². The van der Waals surface area contributed by atoms with E-state index in [1.807, 2.05) is 0 Å². The van der Waals surface area contributed by atoms with Crippen LogP contribution in [-0.4, -0.2) is 30.6 Å². The van der Waals surface area contributed by atoms with Gasteiger partial charge in [0.25, 0.3) is 0 Å². The topological polar surface area (TPSA) is 15.3 Å². The standard InChI is InChI=1S/C20H26N2/c1-3-7-18(8-4-1)13-16-22(20-11-14-21-15-12-20)17-19-9-5-2-6-10-19/h1-10,20-21H,11-17H2. The molecule has 3 rings (SSSR count). The number of benzene rings is 2. The maximum atomic E-state index is 3.48. The molecular formula is C20H26N2. The van der Waals surface area contributed by atoms with Gasteiger partial charge in [0.2, 0.25) is 0 Å². The Morgan fingerprint density at radius 1 is 0.818 bits per heavy atom. The average Bonchev–Trinajstić information content (AvgIpc) is 2.61. The average molecular weight is 294 g/mol. The summed E-state index contributed by atoms with van der Waals surface area (Å²) in [5.41, 5.74) is 2.86. The highest BCUT2D eigenvalue weighted by atomic mass is 15.2. The molecule has 116 valence electrons. The monoisotopic (exact) mass is 294 g/mol. The highest BCUT2D eigenvalue weighted by Gasteiger charge is 2.20. The minimum Gasteiger partial charge on any atom is -0.317 e. The normalized spacial score (nSPS) is 16.0. The molecule has 1 saturated heterocycles. The second-order valence-corrected chi connectivity index (χ2v) is 6.17. The van der Waals surface area contributed by atoms with Gasteiger partial charge in [0.05, 0.1) is 0 Å². The van der Waals surface area contributed by atoms with Crippen molar-refractivity contribution in [2.24, 2.45) is 0 Å². The Balaban J connectivity index is 1.65. The Labute approximate surface area is 134 Å². The number of hydrogen-bond acceptors (Lipinski definition) is 2. The lowest BCUT2D eigenvalue weighted by Gasteiger charge is -2.35. The van der Waals surface area contributed by atoms with Gasteiger partial charge in [-0.25, -0.2) is 0 Å². The number of nitrogens with zero attached hydrogens (tertiary/aromatic N) is 1. The summed E-state index contributed by atoms with van der Waals surface area (Å²) in [6.45, 7) is 4.52. The maximum absolute atomic E-state index is 3.48. The van der Waals surface area contributed by atoms with Crippen molar-refractivity contribution >= 4 is 0 Å². The van der Waals surface area contributed by atoms with E-state index >= 15 is 0 Å². The number of nitrogens with one attached hydrogen (secondary N) is 1. The molecule has 0 aromatic heterocycles. The van der Waals surface area contributed by atoms with Gasteiger partial charge in [-0.3, -0.25) is 4.90 Å². The first-order valence-electron chi connectivity index (χ1n) is 8.44. The fraction of sp³-hybridized carbons (Fsp3) is 0.400. The van der Waals surface area contributed by atoms with Crippen molar-refractivity contribution in [3.05, 3.63) is 71.8 Å². The second kappa shape index (κ2) is 8.11. The molecule has 0 aliphatic carbocycles. The van der Waals surface area contributed by atoms with Crippen LogP contribution >= 0.6 is 0 Å². The first-order chi connectivity index (χ1) is 10.9. The molecular weight excluding hydrogens is 268 g/mol. The minimum atomic E-state index is 0.713. The molecule has 1 fully saturated rings. The van der Waals surface area contributed by atoms with Crippen LogP contribution in [-0.2, 0) is 13.0 Å². The molecule has 22 heavy (non-hydrogen) atoms. The molecule has 2 aromatic carbocycles. The molecule has 1 heterocycles. The molecule has 0 atom stereocenters. The summed E-state index contributed by atoms with van der Waals surface area (Å²) in [5.74, 6) is 0. The van der Waals surface area contributed by atoms with Gasteiger partial charge in [0.15, 0.2) is 0 Å². The van der Waals surface area contributed by atoms with E-state index in [1.54, 1.807) is 0 Å². The van der Waals surface area contributed by atoms with Crippen LogP contribution in [0, 0.1) is 0 Å². The van der Waals surface area contributed by atoms with Gasteiger partial charge < -0.3 is 5.32 Å². The van der Waals surface area contributed by atoms with Crippen LogP contribution in [0.2, 0.25) is 0 Å². The van der Waals surface area contributed by atoms with Gasteiger partial charge in [-0.15, -0.1) is 0 Å². The van der Waals surface area contributed by atoms with E-state index in [-0.39, 0.29) is 0 Å². The van der Waals surface area contributed by atoms with Crippen molar-refractivity contribution in [2.75, 3.05) is 19.6 Å². The lowest BCUT2D eigenvalue weighted by atomic mass is 10.0. The largest absolute Gasteiger partial charge is 0.317 e. The Kier molecular flexibility index (Phi) is 5.63. The van der Waals surface area contributed by atoms with E-state index in [1.165, 1.54) is 24.0 Å². The lowest BCUT2D eigenvalue weighted by molar-refractivity contribution is 0.155. The summed E-state index contributed by atoms with van der Waals surface area (Å²) < 4.78 is 0. The smallest absolute Gasteiger partial charge is 0.0236 e. The molecule has 2 heteroatoms. The second-order valence-electron chi connectivity index (χ2n) is 6.17. The molecule has 0 radical (unpaired) electrons. The zero-order valence-corrected chi connectivity index (χ0v) is 13.2. The molecule has 0 amide bonds. The van der Waals surface area contributed by atoms with Crippen LogP contribution in [0.1, 0.15) is 24.0 Å². The third-order valence-electron chi connectivity index (χ3n) is 4.58. The zero-order valence-electron chi connectivity index (χ0n) is 13.2. The summed E-state index contributed by atoms with van der Waals surface area (Å²) in [5, 5.41) is 3.48. The van der Waals surface area contributed by atoms with Crippen LogP contribution in [0.5, 0.6) is 0 Å². The van der Waals surface area contributed by atoms with Crippen LogP contribution in [0.25, 0.3) is 0 Å². The molecule has 1 aliphatic rings. The molecule has 2 nitrogen and oxygen atoms in total. The van der Waals surface area contributed by atoms with Gasteiger partial charge in [-0.05, 0) is 43.5 Å². The summed E-state index contributed by atoms with van der Waals surface area (Å²) in [6, 6.07) is 22.5. The number of piperidine rings is 1. The van der Waals surface area contributed by atoms with Crippen LogP contribution < -0.4 is 5.32 Å². The highest BCUT2D eigenvalue weighted by molar-refractivity contribution is 5.16. The summed E-state index contributed by atoms with van der Waals surface area (Å²) >= 11 is 0. The molecule has 1 N–H and O–H groups in total. The van der Waals surface area contributed by atoms with Gasteiger partial charge in [-0.2, -0.15) is 0 Å². The number of rotatable bonds is 6. The fourth-order valence-electron chi connectivity index (χ4n) is 3.30. The molecule has 0 spiro atoms. The molecule has 1 aliphatic heterocycles. The predicted octanol–water partition coefficient (Wildman–Crippen LogP) is 3.48. The van der Waals surface area contributed by atoms with Crippen molar-refractivity contribution in [1.82, 2.24) is 10.2 Å². The van der Waals surface area contributed by atoms with Gasteiger partial charge in [0.1, 0.15) is 0 Å². The predicted molar refractivity (Wildman–Crippen MR) is 92.9 cm³/mol. The molecule has 0 unspecified atom stereocenters. The van der Waals surface area contributed by atoms with E-state index in [0.717, 1.165) is 32.6 Å². The third-order valence-corrected chi connectivity index (χ3v) is 4.58. The lowest BCUT2D eigenvalue weighted by Crippen LogP contribution is -2.43. The van der Waals surface area contributed by atoms with Crippen molar-refractivity contribution in [3.8, 4) is 0 Å². The first-order valence-corrected chi connectivity index (χ1v) is 8.44. The maximum Gasteiger partial charge on any atom is 0.0236 e. The van der Waals surface area contributed by atoms with Crippen LogP contribution in [0.3, 0.4) is 0 Å². The van der Waals surface area contributed by atoms with E-state index in [0.29, 0.717) is 6.04 Å². The molecule has 2 aromatic rings. The highest BCUT2D eigenvalue weighted by Crippen LogP contribution is 2.16. The fourth-order valence-corrected chi connectivity index (χ4v) is 3.30. The van der Waals surface area contributed by atoms with Gasteiger partial charge >= 0.3 is 0 Å². The van der Waals surface area contributed by atoms with Crippen molar-refractivity contribution in [3.63, 3.8) is 0 Å². The minimum absolute atomic E-state index is 0.713. The first kappa shape index (κ1) is 15.3. The third kappa shape index (κ3) is 4.43. The van der Waals surface area contributed by atoms with Crippen molar-refractivity contribution < 1.29 is 0 Å². The molecule has 0 saturated carbocycles. The summed E-state index contributed by atoms with van der Waals surface area (Å²) in [4.78, 5) is 2.68. The zero-order chi connectivity index (χ0) is 15.0. The van der Waals surface area contributed by atoms with E-state index in [9.17, 15) is 0 Å².